The van der Waals surface area contributed by atoms with Crippen LogP contribution in [0.5, 0.6) is 0 Å². The number of aliphatic imine (C=N–C) groups is 1. The van der Waals surface area contributed by atoms with E-state index in [1.807, 2.05) is 18.2 Å². The first kappa shape index (κ1) is 9.78. The van der Waals surface area contributed by atoms with Crippen LogP contribution in [0.3, 0.4) is 0 Å². The third-order valence-electron chi connectivity index (χ3n) is 2.19. The molecule has 0 spiro atoms. The summed E-state index contributed by atoms with van der Waals surface area (Å²) < 4.78 is 0. The van der Waals surface area contributed by atoms with Crippen LogP contribution >= 0.6 is 23.4 Å². The van der Waals surface area contributed by atoms with Crippen LogP contribution in [0.15, 0.2) is 28.1 Å². The van der Waals surface area contributed by atoms with E-state index in [0.717, 1.165) is 17.7 Å². The number of isocyanates is 1. The van der Waals surface area contributed by atoms with Crippen molar-refractivity contribution in [3.05, 3.63) is 28.8 Å². The van der Waals surface area contributed by atoms with Gasteiger partial charge in [0.2, 0.25) is 6.08 Å². The molecular weight excluding hydrogens is 218 g/mol. The summed E-state index contributed by atoms with van der Waals surface area (Å²) in [7, 11) is 0. The van der Waals surface area contributed by atoms with Crippen molar-refractivity contribution in [2.75, 3.05) is 5.75 Å². The number of fused-ring (bicyclic) bond motifs is 1. The lowest BCUT2D eigenvalue weighted by Crippen LogP contribution is -2.04. The molecule has 1 atom stereocenters. The highest BCUT2D eigenvalue weighted by molar-refractivity contribution is 7.99. The van der Waals surface area contributed by atoms with Gasteiger partial charge in [0.25, 0.3) is 0 Å². The lowest BCUT2D eigenvalue weighted by molar-refractivity contribution is 0.555. The fourth-order valence-electron chi connectivity index (χ4n) is 1.54. The van der Waals surface area contributed by atoms with E-state index in [1.165, 1.54) is 4.90 Å². The Bertz CT molecular complexity index is 401. The normalized spacial score (nSPS) is 19.6. The molecule has 1 heterocycles. The number of benzene rings is 1. The van der Waals surface area contributed by atoms with Gasteiger partial charge in [-0.1, -0.05) is 11.6 Å². The van der Waals surface area contributed by atoms with Gasteiger partial charge in [0.1, 0.15) is 0 Å². The summed E-state index contributed by atoms with van der Waals surface area (Å²) in [6, 6.07) is 5.67. The van der Waals surface area contributed by atoms with Crippen LogP contribution in [0.4, 0.5) is 0 Å². The zero-order valence-corrected chi connectivity index (χ0v) is 8.94. The van der Waals surface area contributed by atoms with Crippen LogP contribution in [0.2, 0.25) is 5.02 Å². The molecule has 2 rings (SSSR count). The molecule has 0 saturated heterocycles. The van der Waals surface area contributed by atoms with Crippen molar-refractivity contribution in [2.24, 2.45) is 4.99 Å². The molecule has 0 N–H and O–H groups in total. The monoisotopic (exact) mass is 225 g/mol. The predicted molar refractivity (Wildman–Crippen MR) is 57.7 cm³/mol. The summed E-state index contributed by atoms with van der Waals surface area (Å²) in [6.07, 6.45) is 2.50. The maximum atomic E-state index is 10.2. The Balaban J connectivity index is 2.46. The minimum atomic E-state index is -0.0533. The molecular formula is C10H8ClNOS. The molecule has 0 aromatic heterocycles. The fourth-order valence-corrected chi connectivity index (χ4v) is 2.81. The van der Waals surface area contributed by atoms with Gasteiger partial charge >= 0.3 is 0 Å². The SMILES string of the molecule is O=C=NC1CCSc2ccc(Cl)cc21. The summed E-state index contributed by atoms with van der Waals surface area (Å²) in [5.41, 5.74) is 1.05. The van der Waals surface area contributed by atoms with Gasteiger partial charge < -0.3 is 0 Å². The van der Waals surface area contributed by atoms with Gasteiger partial charge in [-0.05, 0) is 30.2 Å². The maximum Gasteiger partial charge on any atom is 0.235 e. The van der Waals surface area contributed by atoms with Crippen molar-refractivity contribution in [1.29, 1.82) is 0 Å². The molecule has 0 bridgehead atoms. The quantitative estimate of drug-likeness (QED) is 0.543. The molecule has 0 amide bonds. The highest BCUT2D eigenvalue weighted by Gasteiger charge is 2.20. The molecule has 1 aliphatic heterocycles. The zero-order valence-electron chi connectivity index (χ0n) is 7.37. The highest BCUT2D eigenvalue weighted by atomic mass is 35.5. The number of nitrogens with zero attached hydrogens (tertiary/aromatic N) is 1. The molecule has 2 nitrogen and oxygen atoms in total. The standard InChI is InChI=1S/C10H8ClNOS/c11-7-1-2-10-8(5-7)9(12-6-13)3-4-14-10/h1-2,5,9H,3-4H2. The van der Waals surface area contributed by atoms with Crippen molar-refractivity contribution < 1.29 is 4.79 Å². The highest BCUT2D eigenvalue weighted by Crippen LogP contribution is 2.39. The van der Waals surface area contributed by atoms with Crippen LogP contribution in [0.1, 0.15) is 18.0 Å². The molecule has 14 heavy (non-hydrogen) atoms. The Morgan fingerprint density at radius 3 is 3.21 bits per heavy atom. The molecule has 1 aliphatic rings. The van der Waals surface area contributed by atoms with E-state index in [9.17, 15) is 4.79 Å². The third-order valence-corrected chi connectivity index (χ3v) is 3.55. The van der Waals surface area contributed by atoms with Crippen LogP contribution in [0.25, 0.3) is 0 Å². The lowest BCUT2D eigenvalue weighted by Gasteiger charge is -2.20. The molecule has 0 saturated carbocycles. The molecule has 0 aliphatic carbocycles. The third kappa shape index (κ3) is 1.85. The average Bonchev–Trinajstić information content (AvgIpc) is 2.19. The van der Waals surface area contributed by atoms with Gasteiger partial charge in [0.15, 0.2) is 0 Å². The van der Waals surface area contributed by atoms with E-state index in [-0.39, 0.29) is 6.04 Å². The second-order valence-corrected chi connectivity index (χ2v) is 4.63. The van der Waals surface area contributed by atoms with Gasteiger partial charge in [0.05, 0.1) is 6.04 Å². The van der Waals surface area contributed by atoms with E-state index in [1.54, 1.807) is 17.8 Å². The Morgan fingerprint density at radius 1 is 1.57 bits per heavy atom. The van der Waals surface area contributed by atoms with Gasteiger partial charge in [-0.15, -0.1) is 11.8 Å². The van der Waals surface area contributed by atoms with Gasteiger partial charge in [-0.3, -0.25) is 0 Å². The molecule has 1 unspecified atom stereocenters. The van der Waals surface area contributed by atoms with E-state index < -0.39 is 0 Å². The van der Waals surface area contributed by atoms with Crippen LogP contribution < -0.4 is 0 Å². The number of carbonyl (C=O) groups excluding carboxylic acids is 1. The largest absolute Gasteiger partial charge is 0.235 e. The Kier molecular flexibility index (Phi) is 2.92. The summed E-state index contributed by atoms with van der Waals surface area (Å²) in [5, 5.41) is 0.692. The van der Waals surface area contributed by atoms with Gasteiger partial charge in [-0.25, -0.2) is 4.79 Å². The van der Waals surface area contributed by atoms with Crippen LogP contribution in [-0.2, 0) is 4.79 Å². The van der Waals surface area contributed by atoms with Crippen LogP contribution in [-0.4, -0.2) is 11.8 Å². The van der Waals surface area contributed by atoms with Crippen molar-refractivity contribution >= 4 is 29.4 Å². The summed E-state index contributed by atoms with van der Waals surface area (Å²) in [4.78, 5) is 15.2. The van der Waals surface area contributed by atoms with Gasteiger partial charge in [-0.2, -0.15) is 4.99 Å². The Labute approximate surface area is 91.4 Å². The average molecular weight is 226 g/mol. The van der Waals surface area contributed by atoms with E-state index in [0.29, 0.717) is 5.02 Å². The number of hydrogen-bond acceptors (Lipinski definition) is 3. The van der Waals surface area contributed by atoms with E-state index in [4.69, 9.17) is 11.6 Å². The minimum Gasteiger partial charge on any atom is -0.211 e. The van der Waals surface area contributed by atoms with Gasteiger partial charge in [0, 0.05) is 15.7 Å². The Morgan fingerprint density at radius 2 is 2.43 bits per heavy atom. The smallest absolute Gasteiger partial charge is 0.211 e. The molecule has 0 fully saturated rings. The van der Waals surface area contributed by atoms with Crippen molar-refractivity contribution in [3.63, 3.8) is 0 Å². The van der Waals surface area contributed by atoms with Crippen molar-refractivity contribution in [3.8, 4) is 0 Å². The van der Waals surface area contributed by atoms with E-state index in [2.05, 4.69) is 4.99 Å². The Hall–Kier alpha value is -0.760. The second-order valence-electron chi connectivity index (χ2n) is 3.06. The fraction of sp³-hybridized carbons (Fsp3) is 0.300. The summed E-state index contributed by atoms with van der Waals surface area (Å²) in [5.74, 6) is 0.991. The topological polar surface area (TPSA) is 29.4 Å². The maximum absolute atomic E-state index is 10.2. The number of hydrogen-bond donors (Lipinski definition) is 0. The predicted octanol–water partition coefficient (Wildman–Crippen LogP) is 3.21. The molecule has 0 radical (unpaired) electrons. The first-order valence-corrected chi connectivity index (χ1v) is 5.67. The van der Waals surface area contributed by atoms with Crippen molar-refractivity contribution in [2.45, 2.75) is 17.4 Å². The first-order valence-electron chi connectivity index (χ1n) is 4.30. The zero-order chi connectivity index (χ0) is 9.97. The molecule has 1 aromatic carbocycles. The van der Waals surface area contributed by atoms with Crippen molar-refractivity contribution in [1.82, 2.24) is 0 Å². The molecule has 4 heteroatoms. The number of thioether (sulfide) groups is 1. The van der Waals surface area contributed by atoms with E-state index >= 15 is 0 Å². The molecule has 72 valence electrons. The lowest BCUT2D eigenvalue weighted by atomic mass is 10.0. The summed E-state index contributed by atoms with van der Waals surface area (Å²) in [6.45, 7) is 0. The number of halogens is 1. The second kappa shape index (κ2) is 4.18. The molecule has 1 aromatic rings. The number of rotatable bonds is 1. The summed E-state index contributed by atoms with van der Waals surface area (Å²) >= 11 is 7.67. The minimum absolute atomic E-state index is 0.0533. The first-order chi connectivity index (χ1) is 6.81. The van der Waals surface area contributed by atoms with Crippen LogP contribution in [0, 0.1) is 0 Å².